The summed E-state index contributed by atoms with van der Waals surface area (Å²) in [5.74, 6) is -0.306. The molecular formula is C34H45N3O4. The van der Waals surface area contributed by atoms with Gasteiger partial charge in [0.05, 0.1) is 29.8 Å². The molecule has 1 aromatic carbocycles. The fourth-order valence-electron chi connectivity index (χ4n) is 5.26. The van der Waals surface area contributed by atoms with Crippen LogP contribution in [0, 0.1) is 12.3 Å². The second kappa shape index (κ2) is 13.0. The van der Waals surface area contributed by atoms with Gasteiger partial charge in [0.2, 0.25) is 0 Å². The van der Waals surface area contributed by atoms with Crippen molar-refractivity contribution in [1.29, 1.82) is 0 Å². The Labute approximate surface area is 244 Å². The summed E-state index contributed by atoms with van der Waals surface area (Å²) in [6.07, 6.45) is 7.49. The van der Waals surface area contributed by atoms with E-state index in [1.54, 1.807) is 6.20 Å². The normalized spacial score (nSPS) is 15.9. The molecule has 7 heteroatoms. The summed E-state index contributed by atoms with van der Waals surface area (Å²) in [7, 11) is 0. The van der Waals surface area contributed by atoms with E-state index in [0.717, 1.165) is 67.9 Å². The zero-order chi connectivity index (χ0) is 29.6. The Kier molecular flexibility index (Phi) is 9.69. The summed E-state index contributed by atoms with van der Waals surface area (Å²) >= 11 is 0. The van der Waals surface area contributed by atoms with Gasteiger partial charge in [0.25, 0.3) is 0 Å². The maximum absolute atomic E-state index is 12.6. The quantitative estimate of drug-likeness (QED) is 0.245. The highest BCUT2D eigenvalue weighted by Gasteiger charge is 2.36. The van der Waals surface area contributed by atoms with E-state index in [0.29, 0.717) is 17.9 Å². The van der Waals surface area contributed by atoms with Gasteiger partial charge in [-0.05, 0) is 82.9 Å². The molecule has 0 unspecified atom stereocenters. The van der Waals surface area contributed by atoms with Crippen LogP contribution in [0.1, 0.15) is 83.2 Å². The second-order valence-corrected chi connectivity index (χ2v) is 12.8. The third-order valence-electron chi connectivity index (χ3n) is 7.66. The topological polar surface area (TPSA) is 84.8 Å². The number of rotatable bonds is 11. The van der Waals surface area contributed by atoms with E-state index < -0.39 is 17.7 Å². The molecule has 220 valence electrons. The summed E-state index contributed by atoms with van der Waals surface area (Å²) < 4.78 is 12.1. The van der Waals surface area contributed by atoms with Crippen LogP contribution in [-0.2, 0) is 16.0 Å². The average molecular weight is 560 g/mol. The van der Waals surface area contributed by atoms with E-state index in [2.05, 4.69) is 48.0 Å². The number of carbonyl (C=O) groups is 1. The lowest BCUT2D eigenvalue weighted by atomic mass is 9.82. The third kappa shape index (κ3) is 8.29. The number of carboxylic acids is 1. The summed E-state index contributed by atoms with van der Waals surface area (Å²) in [5.41, 5.74) is 4.59. The summed E-state index contributed by atoms with van der Waals surface area (Å²) in [6, 6.07) is 14.4. The van der Waals surface area contributed by atoms with Crippen LogP contribution < -0.4 is 9.64 Å². The van der Waals surface area contributed by atoms with Gasteiger partial charge in [-0.2, -0.15) is 0 Å². The third-order valence-corrected chi connectivity index (χ3v) is 7.66. The summed E-state index contributed by atoms with van der Waals surface area (Å²) in [5, 5.41) is 10.3. The van der Waals surface area contributed by atoms with Crippen LogP contribution in [0.15, 0.2) is 54.9 Å². The van der Waals surface area contributed by atoms with Crippen LogP contribution >= 0.6 is 0 Å². The minimum Gasteiger partial charge on any atom is -0.492 e. The van der Waals surface area contributed by atoms with Crippen LogP contribution in [0.5, 0.6) is 5.75 Å². The van der Waals surface area contributed by atoms with Gasteiger partial charge in [-0.1, -0.05) is 44.2 Å². The number of hydrogen-bond acceptors (Lipinski definition) is 6. The largest absolute Gasteiger partial charge is 0.492 e. The molecule has 0 spiro atoms. The van der Waals surface area contributed by atoms with Crippen molar-refractivity contribution in [2.24, 2.45) is 5.41 Å². The van der Waals surface area contributed by atoms with Crippen molar-refractivity contribution in [3.63, 3.8) is 0 Å². The summed E-state index contributed by atoms with van der Waals surface area (Å²) in [4.78, 5) is 24.3. The van der Waals surface area contributed by atoms with E-state index in [4.69, 9.17) is 14.5 Å². The number of unbranched alkanes of at least 4 members (excludes halogenated alkanes) is 1. The molecule has 1 atom stereocenters. The van der Waals surface area contributed by atoms with E-state index in [-0.39, 0.29) is 5.41 Å². The van der Waals surface area contributed by atoms with Gasteiger partial charge in [0.15, 0.2) is 6.10 Å². The Morgan fingerprint density at radius 1 is 1.02 bits per heavy atom. The number of aromatic nitrogens is 2. The molecule has 0 bridgehead atoms. The fraction of sp³-hybridized carbons (Fsp3) is 0.500. The first-order chi connectivity index (χ1) is 19.4. The number of hydrogen-bond donors (Lipinski definition) is 1. The molecule has 4 rings (SSSR count). The molecule has 0 radical (unpaired) electrons. The lowest BCUT2D eigenvalue weighted by Gasteiger charge is -2.40. The molecule has 0 aliphatic carbocycles. The molecule has 1 fully saturated rings. The highest BCUT2D eigenvalue weighted by molar-refractivity contribution is 5.85. The van der Waals surface area contributed by atoms with E-state index in [1.165, 1.54) is 5.56 Å². The smallest absolute Gasteiger partial charge is 0.337 e. The van der Waals surface area contributed by atoms with E-state index in [1.807, 2.05) is 52.1 Å². The van der Waals surface area contributed by atoms with Crippen LogP contribution in [0.25, 0.3) is 11.3 Å². The number of carboxylic acid groups (broad SMARTS) is 1. The molecule has 1 N–H and O–H groups in total. The number of piperidine rings is 1. The first-order valence-electron chi connectivity index (χ1n) is 14.7. The molecule has 3 aromatic rings. The van der Waals surface area contributed by atoms with Gasteiger partial charge in [0, 0.05) is 36.1 Å². The SMILES string of the molecule is Cc1ncc(-c2ccc(OCCCCc3ccccc3)cn2)c(N2CCC(C)(C)CC2)c1[C@H](OC(C)(C)C)C(=O)O. The molecule has 3 heterocycles. The van der Waals surface area contributed by atoms with E-state index >= 15 is 0 Å². The number of nitrogens with zero attached hydrogens (tertiary/aromatic N) is 3. The highest BCUT2D eigenvalue weighted by atomic mass is 16.5. The number of pyridine rings is 2. The van der Waals surface area contributed by atoms with Gasteiger partial charge < -0.3 is 19.5 Å². The predicted octanol–water partition coefficient (Wildman–Crippen LogP) is 7.42. The molecule has 0 amide bonds. The zero-order valence-electron chi connectivity index (χ0n) is 25.4. The molecule has 1 aliphatic heterocycles. The van der Waals surface area contributed by atoms with Crippen molar-refractivity contribution in [2.45, 2.75) is 85.4 Å². The van der Waals surface area contributed by atoms with Crippen molar-refractivity contribution in [3.8, 4) is 17.0 Å². The maximum atomic E-state index is 12.6. The van der Waals surface area contributed by atoms with Gasteiger partial charge in [0.1, 0.15) is 5.75 Å². The average Bonchev–Trinajstić information content (AvgIpc) is 2.92. The Balaban J connectivity index is 1.58. The second-order valence-electron chi connectivity index (χ2n) is 12.8. The zero-order valence-corrected chi connectivity index (χ0v) is 25.4. The molecule has 7 nitrogen and oxygen atoms in total. The molecule has 41 heavy (non-hydrogen) atoms. The monoisotopic (exact) mass is 559 g/mol. The van der Waals surface area contributed by atoms with Gasteiger partial charge >= 0.3 is 5.97 Å². The number of aliphatic carboxylic acids is 1. The first-order valence-corrected chi connectivity index (χ1v) is 14.7. The fourth-order valence-corrected chi connectivity index (χ4v) is 5.26. The van der Waals surface area contributed by atoms with Crippen molar-refractivity contribution >= 4 is 11.7 Å². The number of anilines is 1. The Morgan fingerprint density at radius 3 is 2.34 bits per heavy atom. The van der Waals surface area contributed by atoms with Gasteiger partial charge in [-0.15, -0.1) is 0 Å². The van der Waals surface area contributed by atoms with Crippen molar-refractivity contribution < 1.29 is 19.4 Å². The Bertz CT molecular complexity index is 1290. The van der Waals surface area contributed by atoms with E-state index in [9.17, 15) is 9.90 Å². The summed E-state index contributed by atoms with van der Waals surface area (Å²) in [6.45, 7) is 14.3. The standard InChI is InChI=1S/C34H45N3O4/c1-24-29(31(32(38)39)41-33(2,3)4)30(37-19-17-34(5,6)18-20-37)27(23-35-24)28-16-15-26(22-36-28)40-21-11-10-14-25-12-8-7-9-13-25/h7-9,12-13,15-16,22-23,31H,10-11,14,17-21H2,1-6H3,(H,38,39)/t31-/m0/s1. The molecule has 1 aliphatic rings. The maximum Gasteiger partial charge on any atom is 0.337 e. The Hall–Kier alpha value is -3.45. The van der Waals surface area contributed by atoms with Crippen LogP contribution in [-0.4, -0.2) is 46.3 Å². The molecular weight excluding hydrogens is 514 g/mol. The predicted molar refractivity (Wildman–Crippen MR) is 164 cm³/mol. The minimum atomic E-state index is -1.15. The van der Waals surface area contributed by atoms with Crippen LogP contribution in [0.4, 0.5) is 5.69 Å². The number of benzene rings is 1. The van der Waals surface area contributed by atoms with Crippen LogP contribution in [0.2, 0.25) is 0 Å². The molecule has 2 aromatic heterocycles. The highest BCUT2D eigenvalue weighted by Crippen LogP contribution is 2.43. The first kappa shape index (κ1) is 30.5. The number of aryl methyl sites for hydroxylation is 2. The Morgan fingerprint density at radius 2 is 1.73 bits per heavy atom. The number of ether oxygens (including phenoxy) is 2. The van der Waals surface area contributed by atoms with Crippen molar-refractivity contribution in [1.82, 2.24) is 9.97 Å². The van der Waals surface area contributed by atoms with Crippen molar-refractivity contribution in [2.75, 3.05) is 24.6 Å². The molecule has 0 saturated carbocycles. The van der Waals surface area contributed by atoms with Gasteiger partial charge in [-0.25, -0.2) is 4.79 Å². The molecule has 1 saturated heterocycles. The lowest BCUT2D eigenvalue weighted by molar-refractivity contribution is -0.160. The lowest BCUT2D eigenvalue weighted by Crippen LogP contribution is -2.39. The van der Waals surface area contributed by atoms with Gasteiger partial charge in [-0.3, -0.25) is 9.97 Å². The minimum absolute atomic E-state index is 0.241. The van der Waals surface area contributed by atoms with Crippen molar-refractivity contribution in [3.05, 3.63) is 71.7 Å². The van der Waals surface area contributed by atoms with Crippen LogP contribution in [0.3, 0.4) is 0 Å².